The van der Waals surface area contributed by atoms with E-state index in [0.29, 0.717) is 18.1 Å². The summed E-state index contributed by atoms with van der Waals surface area (Å²) in [5, 5.41) is 5.29. The predicted molar refractivity (Wildman–Crippen MR) is 123 cm³/mol. The molecule has 2 aliphatic rings. The first-order chi connectivity index (χ1) is 16.5. The fourth-order valence-electron chi connectivity index (χ4n) is 4.14. The molecule has 0 aromatic heterocycles. The summed E-state index contributed by atoms with van der Waals surface area (Å²) in [5.41, 5.74) is 1.93. The van der Waals surface area contributed by atoms with Gasteiger partial charge in [0.25, 0.3) is 0 Å². The van der Waals surface area contributed by atoms with E-state index < -0.39 is 11.8 Å². The normalized spacial score (nSPS) is 16.2. The van der Waals surface area contributed by atoms with Gasteiger partial charge in [0.2, 0.25) is 6.79 Å². The Morgan fingerprint density at radius 1 is 1.00 bits per heavy atom. The lowest BCUT2D eigenvalue weighted by Crippen LogP contribution is -2.51. The van der Waals surface area contributed by atoms with E-state index in [9.17, 15) is 14.0 Å². The molecule has 2 N–H and O–H groups in total. The van der Waals surface area contributed by atoms with Crippen LogP contribution in [0.4, 0.5) is 10.1 Å². The van der Waals surface area contributed by atoms with E-state index in [1.165, 1.54) is 19.2 Å². The van der Waals surface area contributed by atoms with Gasteiger partial charge in [0.1, 0.15) is 5.82 Å². The van der Waals surface area contributed by atoms with Crippen LogP contribution in [-0.4, -0.2) is 76.5 Å². The lowest BCUT2D eigenvalue weighted by molar-refractivity contribution is -0.139. The molecule has 2 aliphatic heterocycles. The average Bonchev–Trinajstić information content (AvgIpc) is 3.33. The second-order valence-electron chi connectivity index (χ2n) is 8.09. The smallest absolute Gasteiger partial charge is 0.309 e. The molecule has 0 spiro atoms. The van der Waals surface area contributed by atoms with Crippen LogP contribution in [0.25, 0.3) is 0 Å². The van der Waals surface area contributed by atoms with Gasteiger partial charge in [0, 0.05) is 52.1 Å². The number of anilines is 1. The number of hydrogen-bond donors (Lipinski definition) is 2. The first kappa shape index (κ1) is 23.8. The van der Waals surface area contributed by atoms with Crippen molar-refractivity contribution in [2.24, 2.45) is 0 Å². The Bertz CT molecular complexity index is 995. The number of nitrogens with zero attached hydrogens (tertiary/aromatic N) is 2. The molecule has 10 heteroatoms. The lowest BCUT2D eigenvalue weighted by Gasteiger charge is -2.40. The third kappa shape index (κ3) is 5.75. The number of nitrogens with one attached hydrogen (secondary N) is 2. The molecule has 182 valence electrons. The summed E-state index contributed by atoms with van der Waals surface area (Å²) >= 11 is 0. The molecule has 34 heavy (non-hydrogen) atoms. The van der Waals surface area contributed by atoms with Crippen molar-refractivity contribution < 1.29 is 28.2 Å². The van der Waals surface area contributed by atoms with Crippen molar-refractivity contribution >= 4 is 17.5 Å². The first-order valence-electron chi connectivity index (χ1n) is 11.2. The van der Waals surface area contributed by atoms with Crippen molar-refractivity contribution in [1.82, 2.24) is 15.5 Å². The highest BCUT2D eigenvalue weighted by Gasteiger charge is 2.28. The van der Waals surface area contributed by atoms with Crippen molar-refractivity contribution in [3.8, 4) is 11.5 Å². The molecule has 2 aromatic carbocycles. The third-order valence-corrected chi connectivity index (χ3v) is 5.98. The van der Waals surface area contributed by atoms with Crippen LogP contribution >= 0.6 is 0 Å². The maximum atomic E-state index is 13.3. The molecule has 9 nitrogen and oxygen atoms in total. The molecule has 1 unspecified atom stereocenters. The Morgan fingerprint density at radius 3 is 2.44 bits per heavy atom. The minimum absolute atomic E-state index is 0.166. The molecule has 2 amide bonds. The molecule has 2 heterocycles. The summed E-state index contributed by atoms with van der Waals surface area (Å²) < 4.78 is 29.1. The number of fused-ring (bicyclic) bond motifs is 1. The summed E-state index contributed by atoms with van der Waals surface area (Å²) in [4.78, 5) is 28.9. The van der Waals surface area contributed by atoms with Crippen LogP contribution in [0.5, 0.6) is 11.5 Å². The van der Waals surface area contributed by atoms with Crippen LogP contribution in [0.2, 0.25) is 0 Å². The number of halogens is 1. The van der Waals surface area contributed by atoms with Gasteiger partial charge in [-0.25, -0.2) is 4.39 Å². The Balaban J connectivity index is 1.43. The average molecular weight is 473 g/mol. The largest absolute Gasteiger partial charge is 0.454 e. The van der Waals surface area contributed by atoms with Gasteiger partial charge < -0.3 is 29.7 Å². The maximum absolute atomic E-state index is 13.3. The van der Waals surface area contributed by atoms with E-state index in [4.69, 9.17) is 14.2 Å². The number of hydrogen-bond acceptors (Lipinski definition) is 7. The van der Waals surface area contributed by atoms with Crippen molar-refractivity contribution in [1.29, 1.82) is 0 Å². The van der Waals surface area contributed by atoms with Gasteiger partial charge in [-0.3, -0.25) is 14.5 Å². The fraction of sp³-hybridized carbons (Fsp3) is 0.417. The first-order valence-corrected chi connectivity index (χ1v) is 11.2. The highest BCUT2D eigenvalue weighted by Crippen LogP contribution is 2.35. The SMILES string of the molecule is COCCNC(=O)C(=O)NCC(c1ccc2c(c1)OCO2)N1CCN(c2ccc(F)cc2)CC1. The summed E-state index contributed by atoms with van der Waals surface area (Å²) in [5.74, 6) is -0.289. The monoisotopic (exact) mass is 472 g/mol. The van der Waals surface area contributed by atoms with Crippen molar-refractivity contribution in [3.63, 3.8) is 0 Å². The summed E-state index contributed by atoms with van der Waals surface area (Å²) in [7, 11) is 1.53. The van der Waals surface area contributed by atoms with Crippen LogP contribution in [0.1, 0.15) is 11.6 Å². The van der Waals surface area contributed by atoms with Crippen LogP contribution < -0.4 is 25.0 Å². The van der Waals surface area contributed by atoms with Gasteiger partial charge in [-0.1, -0.05) is 6.07 Å². The van der Waals surface area contributed by atoms with Crippen LogP contribution in [0.3, 0.4) is 0 Å². The highest BCUT2D eigenvalue weighted by atomic mass is 19.1. The molecular formula is C24H29FN4O5. The van der Waals surface area contributed by atoms with Gasteiger partial charge >= 0.3 is 11.8 Å². The van der Waals surface area contributed by atoms with Crippen molar-refractivity contribution in [2.45, 2.75) is 6.04 Å². The third-order valence-electron chi connectivity index (χ3n) is 5.98. The zero-order chi connectivity index (χ0) is 23.9. The Labute approximate surface area is 197 Å². The summed E-state index contributed by atoms with van der Waals surface area (Å²) in [6.45, 7) is 3.98. The van der Waals surface area contributed by atoms with E-state index in [1.54, 1.807) is 12.1 Å². The van der Waals surface area contributed by atoms with E-state index in [0.717, 1.165) is 37.4 Å². The van der Waals surface area contributed by atoms with E-state index in [2.05, 4.69) is 20.4 Å². The van der Waals surface area contributed by atoms with Crippen LogP contribution in [0, 0.1) is 5.82 Å². The van der Waals surface area contributed by atoms with Gasteiger partial charge in [0.05, 0.1) is 12.6 Å². The highest BCUT2D eigenvalue weighted by molar-refractivity contribution is 6.35. The molecule has 0 bridgehead atoms. The van der Waals surface area contributed by atoms with E-state index >= 15 is 0 Å². The van der Waals surface area contributed by atoms with Crippen molar-refractivity contribution in [2.75, 3.05) is 64.7 Å². The maximum Gasteiger partial charge on any atom is 0.309 e. The van der Waals surface area contributed by atoms with Gasteiger partial charge in [0.15, 0.2) is 11.5 Å². The molecule has 1 atom stereocenters. The van der Waals surface area contributed by atoms with E-state index in [1.807, 2.05) is 18.2 Å². The molecule has 0 saturated carbocycles. The van der Waals surface area contributed by atoms with E-state index in [-0.39, 0.29) is 31.7 Å². The molecule has 1 saturated heterocycles. The number of rotatable bonds is 8. The van der Waals surface area contributed by atoms with Crippen molar-refractivity contribution in [3.05, 3.63) is 53.8 Å². The fourth-order valence-corrected chi connectivity index (χ4v) is 4.14. The van der Waals surface area contributed by atoms with Gasteiger partial charge in [-0.15, -0.1) is 0 Å². The zero-order valence-corrected chi connectivity index (χ0v) is 19.1. The molecule has 2 aromatic rings. The number of amides is 2. The molecule has 1 fully saturated rings. The molecule has 4 rings (SSSR count). The number of benzene rings is 2. The lowest BCUT2D eigenvalue weighted by atomic mass is 10.0. The molecular weight excluding hydrogens is 443 g/mol. The minimum atomic E-state index is -0.692. The number of methoxy groups -OCH3 is 1. The number of carbonyl (C=O) groups excluding carboxylic acids is 2. The summed E-state index contributed by atoms with van der Waals surface area (Å²) in [6, 6.07) is 12.1. The predicted octanol–water partition coefficient (Wildman–Crippen LogP) is 1.30. The second-order valence-corrected chi connectivity index (χ2v) is 8.09. The van der Waals surface area contributed by atoms with Crippen LogP contribution in [0.15, 0.2) is 42.5 Å². The number of ether oxygens (including phenoxy) is 3. The topological polar surface area (TPSA) is 92.4 Å². The quantitative estimate of drug-likeness (QED) is 0.442. The van der Waals surface area contributed by atoms with Gasteiger partial charge in [-0.2, -0.15) is 0 Å². The Morgan fingerprint density at radius 2 is 1.71 bits per heavy atom. The zero-order valence-electron chi connectivity index (χ0n) is 19.1. The summed E-state index contributed by atoms with van der Waals surface area (Å²) in [6.07, 6.45) is 0. The Hall–Kier alpha value is -3.37. The number of carbonyl (C=O) groups is 2. The minimum Gasteiger partial charge on any atom is -0.454 e. The Kier molecular flexibility index (Phi) is 7.81. The van der Waals surface area contributed by atoms with Crippen LogP contribution in [-0.2, 0) is 14.3 Å². The molecule has 0 radical (unpaired) electrons. The molecule has 0 aliphatic carbocycles. The standard InChI is InChI=1S/C24H29FN4O5/c1-32-13-8-26-23(30)24(31)27-15-20(17-2-7-21-22(14-17)34-16-33-21)29-11-9-28(10-12-29)19-5-3-18(25)4-6-19/h2-7,14,20H,8-13,15-16H2,1H3,(H,26,30)(H,27,31). The van der Waals surface area contributed by atoms with Gasteiger partial charge in [-0.05, 0) is 42.0 Å². The second kappa shape index (κ2) is 11.2. The number of piperazine rings is 1.